The van der Waals surface area contributed by atoms with E-state index in [4.69, 9.17) is 23.2 Å². The van der Waals surface area contributed by atoms with Crippen LogP contribution >= 0.6 is 35.6 Å². The van der Waals surface area contributed by atoms with Gasteiger partial charge in [-0.25, -0.2) is 0 Å². The third kappa shape index (κ3) is 2.05. The van der Waals surface area contributed by atoms with Gasteiger partial charge in [-0.3, -0.25) is 4.79 Å². The Labute approximate surface area is 109 Å². The Balaban J connectivity index is 0.00000128. The first-order valence-corrected chi connectivity index (χ1v) is 5.39. The van der Waals surface area contributed by atoms with E-state index < -0.39 is 0 Å². The predicted octanol–water partition coefficient (Wildman–Crippen LogP) is 3.35. The summed E-state index contributed by atoms with van der Waals surface area (Å²) >= 11 is 11.7. The Morgan fingerprint density at radius 3 is 2.69 bits per heavy atom. The highest BCUT2D eigenvalue weighted by molar-refractivity contribution is 6.35. The Morgan fingerprint density at radius 1 is 1.38 bits per heavy atom. The molecule has 0 atom stereocenters. The number of alkyl halides is 1. The molecule has 2 rings (SSSR count). The maximum atomic E-state index is 11.9. The summed E-state index contributed by atoms with van der Waals surface area (Å²) in [5.41, 5.74) is 1.30. The highest BCUT2D eigenvalue weighted by atomic mass is 35.5. The van der Waals surface area contributed by atoms with Crippen molar-refractivity contribution < 1.29 is 0 Å². The first kappa shape index (κ1) is 13.4. The van der Waals surface area contributed by atoms with Crippen molar-refractivity contribution in [2.45, 2.75) is 5.88 Å². The first-order valence-electron chi connectivity index (χ1n) is 4.48. The summed E-state index contributed by atoms with van der Waals surface area (Å²) in [6, 6.07) is 5.30. The average Bonchev–Trinajstić information content (AvgIpc) is 2.23. The summed E-state index contributed by atoms with van der Waals surface area (Å²) in [6.07, 6.45) is 1.73. The molecule has 5 heteroatoms. The van der Waals surface area contributed by atoms with Crippen LogP contribution in [0.1, 0.15) is 5.56 Å². The molecule has 0 bridgehead atoms. The summed E-state index contributed by atoms with van der Waals surface area (Å²) in [5.74, 6) is 0.217. The molecule has 0 radical (unpaired) electrons. The second kappa shape index (κ2) is 5.09. The molecule has 16 heavy (non-hydrogen) atoms. The maximum Gasteiger partial charge on any atom is 0.193 e. The minimum atomic E-state index is -0.0411. The van der Waals surface area contributed by atoms with Crippen LogP contribution in [0.4, 0.5) is 0 Å². The van der Waals surface area contributed by atoms with Gasteiger partial charge in [0.15, 0.2) is 5.43 Å². The number of para-hydroxylation sites is 1. The Kier molecular flexibility index (Phi) is 4.25. The molecular weight excluding hydrogens is 268 g/mol. The van der Waals surface area contributed by atoms with Gasteiger partial charge < -0.3 is 4.57 Å². The molecule has 1 heterocycles. The highest BCUT2D eigenvalue weighted by Crippen LogP contribution is 2.20. The number of aryl methyl sites for hydroxylation is 1. The molecule has 1 aromatic carbocycles. The number of rotatable bonds is 1. The van der Waals surface area contributed by atoms with Gasteiger partial charge in [-0.2, -0.15) is 0 Å². The Morgan fingerprint density at radius 2 is 2.06 bits per heavy atom. The van der Waals surface area contributed by atoms with Crippen LogP contribution in [0.5, 0.6) is 0 Å². The predicted molar refractivity (Wildman–Crippen MR) is 71.0 cm³/mol. The minimum Gasteiger partial charge on any atom is -0.349 e. The number of halogens is 3. The molecule has 0 unspecified atom stereocenters. The number of pyridine rings is 1. The standard InChI is InChI=1S/C11H9Cl2NO.ClH/c1-14-6-7(5-12)11(15)8-3-2-4-9(13)10(8)14;/h2-4,6H,5H2,1H3;1H. The second-order valence-electron chi connectivity index (χ2n) is 3.36. The molecule has 0 amide bonds. The largest absolute Gasteiger partial charge is 0.349 e. The van der Waals surface area contributed by atoms with Crippen LogP contribution in [0.2, 0.25) is 5.02 Å². The van der Waals surface area contributed by atoms with E-state index in [-0.39, 0.29) is 23.7 Å². The van der Waals surface area contributed by atoms with E-state index in [9.17, 15) is 4.79 Å². The van der Waals surface area contributed by atoms with Gasteiger partial charge in [0.05, 0.1) is 16.4 Å². The molecule has 2 aromatic rings. The topological polar surface area (TPSA) is 22.0 Å². The monoisotopic (exact) mass is 277 g/mol. The second-order valence-corrected chi connectivity index (χ2v) is 4.04. The van der Waals surface area contributed by atoms with Gasteiger partial charge >= 0.3 is 0 Å². The fourth-order valence-corrected chi connectivity index (χ4v) is 2.18. The third-order valence-corrected chi connectivity index (χ3v) is 2.96. The van der Waals surface area contributed by atoms with Crippen molar-refractivity contribution >= 4 is 46.5 Å². The number of hydrogen-bond acceptors (Lipinski definition) is 1. The maximum absolute atomic E-state index is 11.9. The molecule has 0 aliphatic heterocycles. The average molecular weight is 279 g/mol. The number of fused-ring (bicyclic) bond motifs is 1. The number of aromatic nitrogens is 1. The van der Waals surface area contributed by atoms with E-state index in [1.54, 1.807) is 24.4 Å². The molecule has 0 fully saturated rings. The fourth-order valence-electron chi connectivity index (χ4n) is 1.68. The van der Waals surface area contributed by atoms with Gasteiger partial charge in [-0.05, 0) is 12.1 Å². The van der Waals surface area contributed by atoms with Crippen LogP contribution in [0, 0.1) is 0 Å². The number of hydrogen-bond donors (Lipinski definition) is 0. The molecular formula is C11H10Cl3NO. The summed E-state index contributed by atoms with van der Waals surface area (Å²) in [7, 11) is 1.85. The van der Waals surface area contributed by atoms with Gasteiger partial charge in [-0.1, -0.05) is 17.7 Å². The lowest BCUT2D eigenvalue weighted by Gasteiger charge is -2.08. The summed E-state index contributed by atoms with van der Waals surface area (Å²) in [5, 5.41) is 1.19. The van der Waals surface area contributed by atoms with Gasteiger partial charge in [0.25, 0.3) is 0 Å². The van der Waals surface area contributed by atoms with E-state index in [0.717, 1.165) is 5.52 Å². The normalized spacial score (nSPS) is 10.2. The lowest BCUT2D eigenvalue weighted by Crippen LogP contribution is -2.12. The van der Waals surface area contributed by atoms with Gasteiger partial charge in [0.2, 0.25) is 0 Å². The highest BCUT2D eigenvalue weighted by Gasteiger charge is 2.08. The molecule has 0 saturated carbocycles. The lowest BCUT2D eigenvalue weighted by molar-refractivity contribution is 0.936. The van der Waals surface area contributed by atoms with Gasteiger partial charge in [-0.15, -0.1) is 24.0 Å². The lowest BCUT2D eigenvalue weighted by atomic mass is 10.1. The first-order chi connectivity index (χ1) is 7.15. The summed E-state index contributed by atoms with van der Waals surface area (Å²) in [4.78, 5) is 11.9. The quantitative estimate of drug-likeness (QED) is 0.733. The molecule has 86 valence electrons. The number of benzene rings is 1. The minimum absolute atomic E-state index is 0. The van der Waals surface area contributed by atoms with Crippen LogP contribution in [-0.4, -0.2) is 4.57 Å². The van der Waals surface area contributed by atoms with Crippen LogP contribution in [0.25, 0.3) is 10.9 Å². The van der Waals surface area contributed by atoms with Crippen LogP contribution < -0.4 is 5.43 Å². The van der Waals surface area contributed by atoms with Gasteiger partial charge in [0.1, 0.15) is 0 Å². The van der Waals surface area contributed by atoms with Crippen molar-refractivity contribution in [1.82, 2.24) is 4.57 Å². The van der Waals surface area contributed by atoms with E-state index >= 15 is 0 Å². The fraction of sp³-hybridized carbons (Fsp3) is 0.182. The van der Waals surface area contributed by atoms with Crippen LogP contribution in [0.15, 0.2) is 29.2 Å². The number of nitrogens with zero attached hydrogens (tertiary/aromatic N) is 1. The van der Waals surface area contributed by atoms with Crippen molar-refractivity contribution in [2.24, 2.45) is 7.05 Å². The Hall–Kier alpha value is -0.700. The molecule has 2 nitrogen and oxygen atoms in total. The molecule has 1 aromatic heterocycles. The van der Waals surface area contributed by atoms with Crippen molar-refractivity contribution in [3.05, 3.63) is 45.2 Å². The smallest absolute Gasteiger partial charge is 0.193 e. The van der Waals surface area contributed by atoms with Crippen LogP contribution in [0.3, 0.4) is 0 Å². The zero-order valence-electron chi connectivity index (χ0n) is 8.54. The van der Waals surface area contributed by atoms with Crippen molar-refractivity contribution in [2.75, 3.05) is 0 Å². The zero-order valence-corrected chi connectivity index (χ0v) is 10.9. The van der Waals surface area contributed by atoms with Crippen molar-refractivity contribution in [1.29, 1.82) is 0 Å². The molecule has 0 saturated heterocycles. The van der Waals surface area contributed by atoms with E-state index in [1.807, 2.05) is 11.6 Å². The Bertz CT molecular complexity index is 577. The SMILES string of the molecule is Cl.Cn1cc(CCl)c(=O)c2cccc(Cl)c21. The van der Waals surface area contributed by atoms with E-state index in [0.29, 0.717) is 16.0 Å². The molecule has 0 N–H and O–H groups in total. The zero-order chi connectivity index (χ0) is 11.0. The van der Waals surface area contributed by atoms with E-state index in [1.165, 1.54) is 0 Å². The summed E-state index contributed by atoms with van der Waals surface area (Å²) < 4.78 is 1.83. The van der Waals surface area contributed by atoms with Crippen LogP contribution in [-0.2, 0) is 12.9 Å². The third-order valence-electron chi connectivity index (χ3n) is 2.37. The van der Waals surface area contributed by atoms with Crippen molar-refractivity contribution in [3.8, 4) is 0 Å². The van der Waals surface area contributed by atoms with Gasteiger partial charge in [0, 0.05) is 24.2 Å². The molecule has 0 aliphatic carbocycles. The summed E-state index contributed by atoms with van der Waals surface area (Å²) in [6.45, 7) is 0. The molecule has 0 spiro atoms. The van der Waals surface area contributed by atoms with Crippen molar-refractivity contribution in [3.63, 3.8) is 0 Å². The molecule has 0 aliphatic rings. The van der Waals surface area contributed by atoms with E-state index in [2.05, 4.69) is 0 Å².